The molecule has 8 rings (SSSR count). The van der Waals surface area contributed by atoms with Crippen LogP contribution in [0.5, 0.6) is 11.8 Å². The number of benzene rings is 2. The van der Waals surface area contributed by atoms with Crippen LogP contribution in [0.15, 0.2) is 42.4 Å². The molecule has 3 atom stereocenters. The molecule has 2 aromatic heterocycles. The zero-order valence-corrected chi connectivity index (χ0v) is 26.1. The number of anilines is 1. The van der Waals surface area contributed by atoms with E-state index in [2.05, 4.69) is 37.9 Å². The third-order valence-corrected chi connectivity index (χ3v) is 10.8. The summed E-state index contributed by atoms with van der Waals surface area (Å²) in [6, 6.07) is 5.78. The van der Waals surface area contributed by atoms with Crippen molar-refractivity contribution in [3.05, 3.63) is 59.6 Å². The van der Waals surface area contributed by atoms with Crippen molar-refractivity contribution < 1.29 is 23.0 Å². The number of phenolic OH excluding ortho intramolecular Hbond substituents is 1. The standard InChI is InChI=1S/C36H35F3N6O2/c1-3-25-28(38)7-6-22-12-24(46)13-26(29(22)25)31-30(39)32-27(16-40-31)33(44-18-23-8-10-35(4-2,19-44)43-23)42-34(41-32)47-20-36-9-5-11-45(36)17-21(14-36)15-37/h1,6-7,12-13,15-16,23,43,46H,4-5,8-11,14,17-20H2,2H3/b21-15-/t23-,35+,36?/m0/s1. The molecule has 0 spiro atoms. The fourth-order valence-electron chi connectivity index (χ4n) is 8.46. The number of hydrogen-bond donors (Lipinski definition) is 2. The van der Waals surface area contributed by atoms with Crippen LogP contribution in [0.1, 0.15) is 51.0 Å². The smallest absolute Gasteiger partial charge is 0.319 e. The van der Waals surface area contributed by atoms with Crippen molar-refractivity contribution in [2.24, 2.45) is 0 Å². The first kappa shape index (κ1) is 30.0. The summed E-state index contributed by atoms with van der Waals surface area (Å²) in [6.07, 6.45) is 13.3. The topological polar surface area (TPSA) is 86.6 Å². The van der Waals surface area contributed by atoms with E-state index in [1.54, 1.807) is 0 Å². The average molecular weight is 641 g/mol. The first-order valence-corrected chi connectivity index (χ1v) is 16.2. The molecule has 4 aromatic rings. The summed E-state index contributed by atoms with van der Waals surface area (Å²) < 4.78 is 51.7. The van der Waals surface area contributed by atoms with Gasteiger partial charge in [0.2, 0.25) is 0 Å². The number of aromatic hydroxyl groups is 1. The molecule has 2 N–H and O–H groups in total. The van der Waals surface area contributed by atoms with Crippen LogP contribution in [0, 0.1) is 24.0 Å². The molecule has 8 nitrogen and oxygen atoms in total. The van der Waals surface area contributed by atoms with Crippen LogP contribution in [-0.4, -0.2) is 74.9 Å². The van der Waals surface area contributed by atoms with Crippen molar-refractivity contribution in [2.45, 2.75) is 62.6 Å². The van der Waals surface area contributed by atoms with Gasteiger partial charge in [-0.3, -0.25) is 9.88 Å². The second-order valence-corrected chi connectivity index (χ2v) is 13.5. The molecule has 1 unspecified atom stereocenters. The van der Waals surface area contributed by atoms with Gasteiger partial charge in [-0.2, -0.15) is 9.97 Å². The molecule has 4 saturated heterocycles. The summed E-state index contributed by atoms with van der Waals surface area (Å²) >= 11 is 0. The van der Waals surface area contributed by atoms with E-state index in [-0.39, 0.29) is 63.2 Å². The van der Waals surface area contributed by atoms with E-state index in [1.807, 2.05) is 0 Å². The van der Waals surface area contributed by atoms with Crippen LogP contribution in [0.3, 0.4) is 0 Å². The van der Waals surface area contributed by atoms with Gasteiger partial charge in [0, 0.05) is 48.4 Å². The van der Waals surface area contributed by atoms with Gasteiger partial charge in [-0.25, -0.2) is 13.2 Å². The highest BCUT2D eigenvalue weighted by molar-refractivity contribution is 6.03. The molecular formula is C36H35F3N6O2. The Bertz CT molecular complexity index is 2010. The number of pyridine rings is 1. The molecule has 4 aliphatic heterocycles. The second-order valence-electron chi connectivity index (χ2n) is 13.5. The molecule has 11 heteroatoms. The molecule has 0 amide bonds. The van der Waals surface area contributed by atoms with Crippen LogP contribution in [0.25, 0.3) is 32.9 Å². The average Bonchev–Trinajstić information content (AvgIpc) is 3.73. The summed E-state index contributed by atoms with van der Waals surface area (Å²) in [7, 11) is 0. The molecule has 2 bridgehead atoms. The van der Waals surface area contributed by atoms with Gasteiger partial charge in [0.05, 0.1) is 22.8 Å². The minimum Gasteiger partial charge on any atom is -0.508 e. The number of phenols is 1. The summed E-state index contributed by atoms with van der Waals surface area (Å²) in [5.41, 5.74) is 0.259. The zero-order valence-electron chi connectivity index (χ0n) is 26.1. The molecule has 2 aromatic carbocycles. The predicted molar refractivity (Wildman–Crippen MR) is 174 cm³/mol. The van der Waals surface area contributed by atoms with Gasteiger partial charge in [0.1, 0.15) is 35.2 Å². The number of terminal acetylenes is 1. The number of hydrogen-bond acceptors (Lipinski definition) is 8. The van der Waals surface area contributed by atoms with Gasteiger partial charge in [0.25, 0.3) is 0 Å². The third-order valence-electron chi connectivity index (χ3n) is 10.8. The summed E-state index contributed by atoms with van der Waals surface area (Å²) in [5.74, 6) is 1.37. The van der Waals surface area contributed by atoms with Crippen molar-refractivity contribution in [1.82, 2.24) is 25.2 Å². The molecule has 47 heavy (non-hydrogen) atoms. The second kappa shape index (κ2) is 11.1. The Morgan fingerprint density at radius 2 is 2.11 bits per heavy atom. The van der Waals surface area contributed by atoms with Crippen molar-refractivity contribution in [3.63, 3.8) is 0 Å². The monoisotopic (exact) mass is 640 g/mol. The van der Waals surface area contributed by atoms with Gasteiger partial charge >= 0.3 is 6.01 Å². The van der Waals surface area contributed by atoms with Crippen LogP contribution in [-0.2, 0) is 0 Å². The van der Waals surface area contributed by atoms with E-state index in [1.165, 1.54) is 30.5 Å². The maximum absolute atomic E-state index is 16.9. The van der Waals surface area contributed by atoms with Gasteiger partial charge in [-0.05, 0) is 74.2 Å². The highest BCUT2D eigenvalue weighted by Crippen LogP contribution is 2.43. The Morgan fingerprint density at radius 3 is 2.91 bits per heavy atom. The normalized spacial score (nSPS) is 26.4. The number of nitrogens with zero attached hydrogens (tertiary/aromatic N) is 5. The number of aromatic nitrogens is 3. The summed E-state index contributed by atoms with van der Waals surface area (Å²) in [6.45, 7) is 5.18. The Morgan fingerprint density at radius 1 is 1.23 bits per heavy atom. The van der Waals surface area contributed by atoms with Gasteiger partial charge in [-0.15, -0.1) is 6.42 Å². The predicted octanol–water partition coefficient (Wildman–Crippen LogP) is 6.00. The highest BCUT2D eigenvalue weighted by Gasteiger charge is 2.48. The van der Waals surface area contributed by atoms with Crippen molar-refractivity contribution in [2.75, 3.05) is 37.7 Å². The minimum absolute atomic E-state index is 0.00174. The number of halogens is 3. The van der Waals surface area contributed by atoms with E-state index >= 15 is 4.39 Å². The third kappa shape index (κ3) is 4.80. The molecule has 6 heterocycles. The number of nitrogens with one attached hydrogen (secondary N) is 1. The van der Waals surface area contributed by atoms with E-state index in [9.17, 15) is 13.9 Å². The molecule has 0 aliphatic carbocycles. The van der Waals surface area contributed by atoms with Crippen LogP contribution in [0.2, 0.25) is 0 Å². The lowest BCUT2D eigenvalue weighted by Gasteiger charge is -2.42. The lowest BCUT2D eigenvalue weighted by Crippen LogP contribution is -2.59. The first-order valence-electron chi connectivity index (χ1n) is 16.2. The number of piperazine rings is 1. The maximum Gasteiger partial charge on any atom is 0.319 e. The SMILES string of the molecule is C#Cc1c(F)ccc2cc(O)cc(-c3ncc4c(N5C[C@@H]6CC[C@](CC)(C5)N6)nc(OCC56CCCN5C/C(=C\F)C6)nc4c3F)c12. The first-order chi connectivity index (χ1) is 22.7. The van der Waals surface area contributed by atoms with Gasteiger partial charge < -0.3 is 20.1 Å². The Balaban J connectivity index is 1.28. The molecule has 4 fully saturated rings. The fourth-order valence-corrected chi connectivity index (χ4v) is 8.46. The van der Waals surface area contributed by atoms with Crippen molar-refractivity contribution in [1.29, 1.82) is 0 Å². The van der Waals surface area contributed by atoms with Crippen molar-refractivity contribution in [3.8, 4) is 35.4 Å². The number of ether oxygens (including phenoxy) is 1. The largest absolute Gasteiger partial charge is 0.508 e. The van der Waals surface area contributed by atoms with Gasteiger partial charge in [0.15, 0.2) is 5.82 Å². The summed E-state index contributed by atoms with van der Waals surface area (Å²) in [5, 5.41) is 15.5. The molecule has 0 saturated carbocycles. The van der Waals surface area contributed by atoms with Crippen LogP contribution < -0.4 is 15.0 Å². The molecule has 4 aliphatic rings. The fraction of sp³-hybridized carbons (Fsp3) is 0.417. The Hall–Kier alpha value is -4.40. The van der Waals surface area contributed by atoms with Crippen LogP contribution in [0.4, 0.5) is 19.0 Å². The van der Waals surface area contributed by atoms with E-state index in [0.717, 1.165) is 44.2 Å². The van der Waals surface area contributed by atoms with E-state index < -0.39 is 11.6 Å². The number of fused-ring (bicyclic) bond motifs is 5. The van der Waals surface area contributed by atoms with Crippen molar-refractivity contribution >= 4 is 27.5 Å². The Kier molecular flexibility index (Phi) is 7.08. The van der Waals surface area contributed by atoms with E-state index in [0.29, 0.717) is 49.0 Å². The summed E-state index contributed by atoms with van der Waals surface area (Å²) in [4.78, 5) is 18.4. The molecular weight excluding hydrogens is 605 g/mol. The highest BCUT2D eigenvalue weighted by atomic mass is 19.1. The van der Waals surface area contributed by atoms with Gasteiger partial charge in [-0.1, -0.05) is 18.9 Å². The quantitative estimate of drug-likeness (QED) is 0.248. The zero-order chi connectivity index (χ0) is 32.5. The Labute approximate surface area is 270 Å². The number of rotatable bonds is 6. The lowest BCUT2D eigenvalue weighted by molar-refractivity contribution is 0.108. The minimum atomic E-state index is -0.761. The molecule has 0 radical (unpaired) electrons. The lowest BCUT2D eigenvalue weighted by atomic mass is 9.93. The maximum atomic E-state index is 16.9. The van der Waals surface area contributed by atoms with E-state index in [4.69, 9.17) is 16.1 Å². The van der Waals surface area contributed by atoms with Crippen LogP contribution >= 0.6 is 0 Å². The molecule has 242 valence electrons.